The van der Waals surface area contributed by atoms with Gasteiger partial charge < -0.3 is 25.2 Å². The molecule has 0 radical (unpaired) electrons. The van der Waals surface area contributed by atoms with Crippen LogP contribution in [-0.4, -0.2) is 75.2 Å². The molecule has 2 N–H and O–H groups in total. The van der Waals surface area contributed by atoms with Crippen molar-refractivity contribution in [1.29, 1.82) is 0 Å². The molecule has 1 aromatic carbocycles. The summed E-state index contributed by atoms with van der Waals surface area (Å²) in [5.41, 5.74) is 0.805. The fraction of sp³-hybridized carbons (Fsp3) is 0.632. The number of nitrogens with zero attached hydrogens (tertiary/aromatic N) is 2. The van der Waals surface area contributed by atoms with Gasteiger partial charge >= 0.3 is 0 Å². The molecule has 0 saturated carbocycles. The Hall–Kier alpha value is -1.50. The van der Waals surface area contributed by atoms with Gasteiger partial charge in [-0.05, 0) is 37.7 Å². The van der Waals surface area contributed by atoms with Gasteiger partial charge in [0, 0.05) is 50.7 Å². The molecule has 0 spiro atoms. The van der Waals surface area contributed by atoms with E-state index in [2.05, 4.69) is 27.4 Å². The number of carbonyl (C=O) groups excluding carboxylic acids is 1. The highest BCUT2D eigenvalue weighted by molar-refractivity contribution is 6.30. The van der Waals surface area contributed by atoms with Gasteiger partial charge in [-0.25, -0.2) is 0 Å². The van der Waals surface area contributed by atoms with Crippen molar-refractivity contribution in [2.75, 3.05) is 64.8 Å². The number of methoxy groups -OCH3 is 1. The van der Waals surface area contributed by atoms with Crippen molar-refractivity contribution in [2.24, 2.45) is 0 Å². The highest BCUT2D eigenvalue weighted by Crippen LogP contribution is 2.27. The first kappa shape index (κ1) is 20.8. The van der Waals surface area contributed by atoms with E-state index >= 15 is 0 Å². The van der Waals surface area contributed by atoms with Crippen LogP contribution in [0, 0.1) is 0 Å². The number of benzene rings is 1. The topological polar surface area (TPSA) is 56.8 Å². The Bertz CT molecular complexity index is 562. The zero-order valence-corrected chi connectivity index (χ0v) is 16.6. The van der Waals surface area contributed by atoms with E-state index < -0.39 is 0 Å². The number of piperazine rings is 1. The molecule has 0 aromatic heterocycles. The van der Waals surface area contributed by atoms with Crippen molar-refractivity contribution in [1.82, 2.24) is 15.1 Å². The van der Waals surface area contributed by atoms with E-state index in [0.717, 1.165) is 63.7 Å². The normalized spacial score (nSPS) is 15.7. The SMILES string of the molecule is CCN1CCN(CCCNC(=O)CCNc2cc(Cl)ccc2OC)CC1. The molecule has 6 nitrogen and oxygen atoms in total. The summed E-state index contributed by atoms with van der Waals surface area (Å²) in [6, 6.07) is 5.39. The van der Waals surface area contributed by atoms with Gasteiger partial charge in [0.25, 0.3) is 0 Å². The number of hydrogen-bond donors (Lipinski definition) is 2. The van der Waals surface area contributed by atoms with Gasteiger partial charge in [-0.15, -0.1) is 0 Å². The molecule has 26 heavy (non-hydrogen) atoms. The number of rotatable bonds is 10. The molecular formula is C19H31ClN4O2. The van der Waals surface area contributed by atoms with Crippen molar-refractivity contribution < 1.29 is 9.53 Å². The van der Waals surface area contributed by atoms with Crippen LogP contribution in [0.4, 0.5) is 5.69 Å². The van der Waals surface area contributed by atoms with Gasteiger partial charge in [-0.1, -0.05) is 18.5 Å². The van der Waals surface area contributed by atoms with Crippen LogP contribution >= 0.6 is 11.6 Å². The quantitative estimate of drug-likeness (QED) is 0.608. The van der Waals surface area contributed by atoms with E-state index in [1.165, 1.54) is 0 Å². The van der Waals surface area contributed by atoms with Crippen LogP contribution in [0.15, 0.2) is 18.2 Å². The summed E-state index contributed by atoms with van der Waals surface area (Å²) in [6.07, 6.45) is 1.41. The lowest BCUT2D eigenvalue weighted by atomic mass is 10.2. The van der Waals surface area contributed by atoms with Crippen molar-refractivity contribution in [2.45, 2.75) is 19.8 Å². The first-order valence-electron chi connectivity index (χ1n) is 9.41. The van der Waals surface area contributed by atoms with Gasteiger partial charge in [-0.2, -0.15) is 0 Å². The van der Waals surface area contributed by atoms with Crippen LogP contribution in [0.2, 0.25) is 5.02 Å². The van der Waals surface area contributed by atoms with E-state index in [1.807, 2.05) is 6.07 Å². The zero-order valence-electron chi connectivity index (χ0n) is 15.9. The number of nitrogens with one attached hydrogen (secondary N) is 2. The second-order valence-corrected chi connectivity index (χ2v) is 6.94. The molecule has 0 unspecified atom stereocenters. The third kappa shape index (κ3) is 7.02. The lowest BCUT2D eigenvalue weighted by Crippen LogP contribution is -2.46. The minimum atomic E-state index is 0.0642. The lowest BCUT2D eigenvalue weighted by Gasteiger charge is -2.33. The van der Waals surface area contributed by atoms with Crippen molar-refractivity contribution in [3.63, 3.8) is 0 Å². The van der Waals surface area contributed by atoms with Gasteiger partial charge in [0.2, 0.25) is 5.91 Å². The maximum absolute atomic E-state index is 12.0. The Kier molecular flexibility index (Phi) is 9.01. The predicted molar refractivity (Wildman–Crippen MR) is 107 cm³/mol. The Morgan fingerprint density at radius 3 is 2.62 bits per heavy atom. The number of carbonyl (C=O) groups is 1. The van der Waals surface area contributed by atoms with Crippen LogP contribution in [0.25, 0.3) is 0 Å². The summed E-state index contributed by atoms with van der Waals surface area (Å²) < 4.78 is 5.28. The summed E-state index contributed by atoms with van der Waals surface area (Å²) in [5, 5.41) is 6.84. The molecule has 1 heterocycles. The fourth-order valence-electron chi connectivity index (χ4n) is 3.08. The maximum Gasteiger partial charge on any atom is 0.221 e. The van der Waals surface area contributed by atoms with Crippen LogP contribution in [0.3, 0.4) is 0 Å². The Morgan fingerprint density at radius 2 is 1.92 bits per heavy atom. The Morgan fingerprint density at radius 1 is 1.19 bits per heavy atom. The molecule has 1 saturated heterocycles. The van der Waals surface area contributed by atoms with Crippen LogP contribution in [-0.2, 0) is 4.79 Å². The number of halogens is 1. The molecule has 1 aliphatic heterocycles. The van der Waals surface area contributed by atoms with E-state index in [-0.39, 0.29) is 5.91 Å². The van der Waals surface area contributed by atoms with E-state index in [9.17, 15) is 4.79 Å². The molecule has 146 valence electrons. The largest absolute Gasteiger partial charge is 0.495 e. The molecule has 1 aromatic rings. The minimum Gasteiger partial charge on any atom is -0.495 e. The molecule has 0 bridgehead atoms. The second-order valence-electron chi connectivity index (χ2n) is 6.50. The van der Waals surface area contributed by atoms with Crippen molar-refractivity contribution >= 4 is 23.2 Å². The summed E-state index contributed by atoms with van der Waals surface area (Å²) in [7, 11) is 1.61. The van der Waals surface area contributed by atoms with E-state index in [0.29, 0.717) is 18.0 Å². The summed E-state index contributed by atoms with van der Waals surface area (Å²) in [6.45, 7) is 10.2. The monoisotopic (exact) mass is 382 g/mol. The number of hydrogen-bond acceptors (Lipinski definition) is 5. The van der Waals surface area contributed by atoms with Gasteiger partial charge in [0.15, 0.2) is 0 Å². The number of anilines is 1. The minimum absolute atomic E-state index is 0.0642. The second kappa shape index (κ2) is 11.3. The number of amides is 1. The molecular weight excluding hydrogens is 352 g/mol. The van der Waals surface area contributed by atoms with Crippen LogP contribution in [0.1, 0.15) is 19.8 Å². The number of ether oxygens (including phenoxy) is 1. The molecule has 0 aliphatic carbocycles. The van der Waals surface area contributed by atoms with E-state index in [1.54, 1.807) is 19.2 Å². The highest BCUT2D eigenvalue weighted by atomic mass is 35.5. The molecule has 1 aliphatic rings. The Balaban J connectivity index is 1.56. The molecule has 0 atom stereocenters. The van der Waals surface area contributed by atoms with Gasteiger partial charge in [-0.3, -0.25) is 4.79 Å². The average molecular weight is 383 g/mol. The van der Waals surface area contributed by atoms with E-state index in [4.69, 9.17) is 16.3 Å². The lowest BCUT2D eigenvalue weighted by molar-refractivity contribution is -0.120. The smallest absolute Gasteiger partial charge is 0.221 e. The number of likely N-dealkylation sites (N-methyl/N-ethyl adjacent to an activating group) is 1. The Labute approximate surface area is 161 Å². The fourth-order valence-corrected chi connectivity index (χ4v) is 3.25. The van der Waals surface area contributed by atoms with Gasteiger partial charge in [0.1, 0.15) is 5.75 Å². The maximum atomic E-state index is 12.0. The third-order valence-corrected chi connectivity index (χ3v) is 4.95. The summed E-state index contributed by atoms with van der Waals surface area (Å²) in [4.78, 5) is 16.9. The van der Waals surface area contributed by atoms with Crippen molar-refractivity contribution in [3.8, 4) is 5.75 Å². The van der Waals surface area contributed by atoms with Gasteiger partial charge in [0.05, 0.1) is 12.8 Å². The first-order valence-corrected chi connectivity index (χ1v) is 9.79. The summed E-state index contributed by atoms with van der Waals surface area (Å²) in [5.74, 6) is 0.785. The molecule has 1 amide bonds. The third-order valence-electron chi connectivity index (χ3n) is 4.71. The molecule has 7 heteroatoms. The van der Waals surface area contributed by atoms with Crippen LogP contribution < -0.4 is 15.4 Å². The molecule has 2 rings (SSSR count). The summed E-state index contributed by atoms with van der Waals surface area (Å²) >= 11 is 6.00. The zero-order chi connectivity index (χ0) is 18.8. The highest BCUT2D eigenvalue weighted by Gasteiger charge is 2.14. The predicted octanol–water partition coefficient (Wildman–Crippen LogP) is 2.29. The average Bonchev–Trinajstić information content (AvgIpc) is 2.66. The van der Waals surface area contributed by atoms with Crippen LogP contribution in [0.5, 0.6) is 5.75 Å². The van der Waals surface area contributed by atoms with Crippen molar-refractivity contribution in [3.05, 3.63) is 23.2 Å². The first-order chi connectivity index (χ1) is 12.6. The standard InChI is InChI=1S/C19H31ClN4O2/c1-3-23-11-13-24(14-12-23)10-4-8-22-19(25)7-9-21-17-15-16(20)5-6-18(17)26-2/h5-6,15,21H,3-4,7-14H2,1-2H3,(H,22,25). The molecule has 1 fully saturated rings.